The lowest BCUT2D eigenvalue weighted by Crippen LogP contribution is -2.40. The van der Waals surface area contributed by atoms with Gasteiger partial charge in [-0.1, -0.05) is 19.1 Å². The van der Waals surface area contributed by atoms with Crippen LogP contribution in [-0.4, -0.2) is 37.8 Å². The minimum absolute atomic E-state index is 0.0170. The third kappa shape index (κ3) is 6.95. The van der Waals surface area contributed by atoms with Crippen molar-refractivity contribution in [2.75, 3.05) is 17.7 Å². The predicted octanol–water partition coefficient (Wildman–Crippen LogP) is 4.65. The highest BCUT2D eigenvalue weighted by Gasteiger charge is 2.20. The maximum atomic E-state index is 12.9. The van der Waals surface area contributed by atoms with Gasteiger partial charge in [0, 0.05) is 18.3 Å². The zero-order chi connectivity index (χ0) is 22.1. The number of urea groups is 1. The fourth-order valence-corrected chi connectivity index (χ4v) is 3.26. The topological polar surface area (TPSA) is 84.9 Å². The number of hydrogen-bond acceptors (Lipinski definition) is 5. The van der Waals surface area contributed by atoms with Gasteiger partial charge >= 0.3 is 16.1 Å². The molecule has 0 saturated heterocycles. The molecule has 0 radical (unpaired) electrons. The molecule has 1 N–H and O–H groups in total. The monoisotopic (exact) mass is 434 g/mol. The van der Waals surface area contributed by atoms with Crippen LogP contribution < -0.4 is 14.2 Å². The second-order valence-corrected chi connectivity index (χ2v) is 8.71. The van der Waals surface area contributed by atoms with E-state index < -0.39 is 10.1 Å². The molecule has 0 spiro atoms. The molecule has 0 aromatic heterocycles. The molecule has 30 heavy (non-hydrogen) atoms. The van der Waals surface area contributed by atoms with Gasteiger partial charge in [0.2, 0.25) is 0 Å². The Morgan fingerprint density at radius 2 is 1.77 bits per heavy atom. The number of carbonyl (C=O) groups is 1. The Morgan fingerprint density at radius 3 is 2.37 bits per heavy atom. The zero-order valence-electron chi connectivity index (χ0n) is 17.9. The molecule has 2 amide bonds. The van der Waals surface area contributed by atoms with Crippen molar-refractivity contribution >= 4 is 21.8 Å². The highest BCUT2D eigenvalue weighted by Crippen LogP contribution is 2.20. The van der Waals surface area contributed by atoms with Gasteiger partial charge in [0.25, 0.3) is 0 Å². The van der Waals surface area contributed by atoms with Crippen LogP contribution in [0.1, 0.15) is 39.7 Å². The molecule has 2 rings (SSSR count). The summed E-state index contributed by atoms with van der Waals surface area (Å²) in [6, 6.07) is 13.7. The van der Waals surface area contributed by atoms with E-state index in [0.717, 1.165) is 17.7 Å². The smallest absolute Gasteiger partial charge is 0.322 e. The van der Waals surface area contributed by atoms with Crippen LogP contribution >= 0.6 is 0 Å². The van der Waals surface area contributed by atoms with Crippen molar-refractivity contribution < 1.29 is 22.1 Å². The van der Waals surface area contributed by atoms with Gasteiger partial charge in [-0.15, -0.1) is 0 Å². The Hall–Kier alpha value is -2.74. The highest BCUT2D eigenvalue weighted by molar-refractivity contribution is 7.87. The van der Waals surface area contributed by atoms with Gasteiger partial charge < -0.3 is 19.1 Å². The molecule has 1 unspecified atom stereocenters. The lowest BCUT2D eigenvalue weighted by molar-refractivity contribution is 0.187. The van der Waals surface area contributed by atoms with Gasteiger partial charge in [0.1, 0.15) is 11.5 Å². The number of ether oxygens (including phenoxy) is 1. The van der Waals surface area contributed by atoms with Crippen LogP contribution in [-0.2, 0) is 16.7 Å². The largest absolute Gasteiger partial charge is 0.494 e. The van der Waals surface area contributed by atoms with Crippen LogP contribution in [0.4, 0.5) is 10.5 Å². The van der Waals surface area contributed by atoms with E-state index in [1.54, 1.807) is 35.2 Å². The number of rotatable bonds is 10. The average molecular weight is 435 g/mol. The standard InChI is InChI=1S/C22H30N2O5S/c1-5-17(4)24(22(25)23-19-11-13-20(14-12-19)28-6-2)16-18-9-8-10-21(15-18)29-30(26,27)7-3/h8-15,17H,5-7,16H2,1-4H3,(H,23,25). The molecule has 0 aliphatic carbocycles. The van der Waals surface area contributed by atoms with Gasteiger partial charge in [-0.25, -0.2) is 4.79 Å². The number of nitrogens with one attached hydrogen (secondary N) is 1. The molecular weight excluding hydrogens is 404 g/mol. The van der Waals surface area contributed by atoms with E-state index in [-0.39, 0.29) is 23.6 Å². The Labute approximate surface area is 179 Å². The minimum Gasteiger partial charge on any atom is -0.494 e. The first-order valence-corrected chi connectivity index (χ1v) is 11.7. The van der Waals surface area contributed by atoms with Crippen LogP contribution in [0, 0.1) is 0 Å². The summed E-state index contributed by atoms with van der Waals surface area (Å²) in [5.41, 5.74) is 1.45. The van der Waals surface area contributed by atoms with Crippen LogP contribution in [0.15, 0.2) is 48.5 Å². The molecule has 1 atom stereocenters. The molecule has 164 valence electrons. The molecule has 2 aromatic rings. The van der Waals surface area contributed by atoms with E-state index in [1.807, 2.05) is 39.0 Å². The van der Waals surface area contributed by atoms with Crippen molar-refractivity contribution in [1.29, 1.82) is 0 Å². The Kier molecular flexibility index (Phi) is 8.53. The number of hydrogen-bond donors (Lipinski definition) is 1. The third-order valence-electron chi connectivity index (χ3n) is 4.63. The van der Waals surface area contributed by atoms with Crippen LogP contribution in [0.3, 0.4) is 0 Å². The first kappa shape index (κ1) is 23.5. The molecule has 8 heteroatoms. The Morgan fingerprint density at radius 1 is 1.07 bits per heavy atom. The quantitative estimate of drug-likeness (QED) is 0.550. The zero-order valence-corrected chi connectivity index (χ0v) is 18.7. The molecule has 0 aliphatic rings. The Bertz CT molecular complexity index is 929. The normalized spacial score (nSPS) is 12.1. The van der Waals surface area contributed by atoms with E-state index in [1.165, 1.54) is 6.92 Å². The fourth-order valence-electron chi connectivity index (χ4n) is 2.74. The van der Waals surface area contributed by atoms with Crippen molar-refractivity contribution in [3.63, 3.8) is 0 Å². The molecular formula is C22H30N2O5S. The second kappa shape index (κ2) is 10.9. The highest BCUT2D eigenvalue weighted by atomic mass is 32.2. The van der Waals surface area contributed by atoms with Gasteiger partial charge in [0.05, 0.1) is 12.4 Å². The summed E-state index contributed by atoms with van der Waals surface area (Å²) in [5.74, 6) is 0.874. The van der Waals surface area contributed by atoms with Gasteiger partial charge in [-0.05, 0) is 69.2 Å². The van der Waals surface area contributed by atoms with Crippen LogP contribution in [0.25, 0.3) is 0 Å². The van der Waals surface area contributed by atoms with E-state index in [2.05, 4.69) is 5.32 Å². The molecule has 7 nitrogen and oxygen atoms in total. The number of anilines is 1. The first-order valence-electron chi connectivity index (χ1n) is 10.1. The van der Waals surface area contributed by atoms with Crippen molar-refractivity contribution in [2.24, 2.45) is 0 Å². The van der Waals surface area contributed by atoms with Gasteiger partial charge in [-0.2, -0.15) is 8.42 Å². The SMILES string of the molecule is CCOc1ccc(NC(=O)N(Cc2cccc(OS(=O)(=O)CC)c2)C(C)CC)cc1. The second-order valence-electron chi connectivity index (χ2n) is 6.85. The predicted molar refractivity (Wildman–Crippen MR) is 118 cm³/mol. The summed E-state index contributed by atoms with van der Waals surface area (Å²) in [5, 5.41) is 2.91. The van der Waals surface area contributed by atoms with E-state index in [0.29, 0.717) is 18.8 Å². The van der Waals surface area contributed by atoms with Gasteiger partial charge in [-0.3, -0.25) is 0 Å². The van der Waals surface area contributed by atoms with E-state index in [9.17, 15) is 13.2 Å². The lowest BCUT2D eigenvalue weighted by atomic mass is 10.1. The molecule has 0 aliphatic heterocycles. The average Bonchev–Trinajstić information content (AvgIpc) is 2.73. The van der Waals surface area contributed by atoms with Crippen molar-refractivity contribution in [3.8, 4) is 11.5 Å². The van der Waals surface area contributed by atoms with Crippen molar-refractivity contribution in [2.45, 2.75) is 46.7 Å². The van der Waals surface area contributed by atoms with Crippen LogP contribution in [0.5, 0.6) is 11.5 Å². The van der Waals surface area contributed by atoms with Crippen molar-refractivity contribution in [3.05, 3.63) is 54.1 Å². The molecule has 0 heterocycles. The summed E-state index contributed by atoms with van der Waals surface area (Å²) >= 11 is 0. The number of nitrogens with zero attached hydrogens (tertiary/aromatic N) is 1. The summed E-state index contributed by atoms with van der Waals surface area (Å²) in [7, 11) is -3.61. The summed E-state index contributed by atoms with van der Waals surface area (Å²) in [6.45, 7) is 8.32. The first-order chi connectivity index (χ1) is 14.3. The van der Waals surface area contributed by atoms with E-state index >= 15 is 0 Å². The van der Waals surface area contributed by atoms with Crippen molar-refractivity contribution in [1.82, 2.24) is 4.90 Å². The van der Waals surface area contributed by atoms with E-state index in [4.69, 9.17) is 8.92 Å². The summed E-state index contributed by atoms with van der Waals surface area (Å²) in [4.78, 5) is 14.7. The molecule has 0 fully saturated rings. The molecule has 2 aromatic carbocycles. The fraction of sp³-hybridized carbons (Fsp3) is 0.409. The molecule has 0 bridgehead atoms. The molecule has 0 saturated carbocycles. The maximum absolute atomic E-state index is 12.9. The summed E-state index contributed by atoms with van der Waals surface area (Å²) < 4.78 is 34.0. The summed E-state index contributed by atoms with van der Waals surface area (Å²) in [6.07, 6.45) is 0.775. The lowest BCUT2D eigenvalue weighted by Gasteiger charge is -2.29. The maximum Gasteiger partial charge on any atom is 0.322 e. The van der Waals surface area contributed by atoms with Gasteiger partial charge in [0.15, 0.2) is 0 Å². The van der Waals surface area contributed by atoms with Crippen LogP contribution in [0.2, 0.25) is 0 Å². The number of carbonyl (C=O) groups excluding carboxylic acids is 1. The number of amides is 2. The Balaban J connectivity index is 2.14. The number of benzene rings is 2. The third-order valence-corrected chi connectivity index (χ3v) is 5.78. The minimum atomic E-state index is -3.61.